The summed E-state index contributed by atoms with van der Waals surface area (Å²) in [4.78, 5) is 32.4. The van der Waals surface area contributed by atoms with Gasteiger partial charge in [0.2, 0.25) is 0 Å². The van der Waals surface area contributed by atoms with E-state index in [4.69, 9.17) is 4.74 Å². The zero-order chi connectivity index (χ0) is 12.7. The number of benzene rings is 1. The summed E-state index contributed by atoms with van der Waals surface area (Å²) in [6.45, 7) is -0.0324. The molecule has 0 saturated carbocycles. The monoisotopic (exact) mass is 236 g/mol. The molecular formula is C11H12N2O4. The molecular weight excluding hydrogens is 224 g/mol. The number of hydrogen-bond donors (Lipinski definition) is 2. The fourth-order valence-corrected chi connectivity index (χ4v) is 1.07. The van der Waals surface area contributed by atoms with Gasteiger partial charge in [0.1, 0.15) is 12.0 Å². The molecule has 6 heteroatoms. The minimum Gasteiger partial charge on any atom is -0.410 e. The molecule has 0 aliphatic rings. The Kier molecular flexibility index (Phi) is 4.68. The Bertz CT molecular complexity index is 414. The Labute approximate surface area is 98.0 Å². The van der Waals surface area contributed by atoms with Crippen LogP contribution in [0.15, 0.2) is 24.3 Å². The molecule has 2 N–H and O–H groups in total. The Balaban J connectivity index is 2.64. The van der Waals surface area contributed by atoms with E-state index in [9.17, 15) is 14.4 Å². The highest BCUT2D eigenvalue weighted by molar-refractivity contribution is 5.95. The van der Waals surface area contributed by atoms with Gasteiger partial charge in [-0.25, -0.2) is 4.79 Å². The summed E-state index contributed by atoms with van der Waals surface area (Å²) in [5, 5.41) is 4.69. The van der Waals surface area contributed by atoms with E-state index in [0.717, 1.165) is 0 Å². The lowest BCUT2D eigenvalue weighted by atomic mass is 10.2. The van der Waals surface area contributed by atoms with E-state index >= 15 is 0 Å². The summed E-state index contributed by atoms with van der Waals surface area (Å²) in [6.07, 6.45) is 0.0178. The second-order valence-electron chi connectivity index (χ2n) is 3.04. The number of ether oxygens (including phenoxy) is 1. The molecule has 0 bridgehead atoms. The molecule has 1 aromatic carbocycles. The lowest BCUT2D eigenvalue weighted by Crippen LogP contribution is -2.25. The second kappa shape index (κ2) is 6.26. The first-order chi connectivity index (χ1) is 8.17. The van der Waals surface area contributed by atoms with Gasteiger partial charge in [-0.15, -0.1) is 0 Å². The number of carbonyl (C=O) groups is 3. The number of carbonyl (C=O) groups excluding carboxylic acids is 3. The quantitative estimate of drug-likeness (QED) is 0.738. The molecule has 6 nitrogen and oxygen atoms in total. The summed E-state index contributed by atoms with van der Waals surface area (Å²) in [7, 11) is 1.45. The molecule has 90 valence electrons. The SMILES string of the molecule is CNC(=O)Oc1ccc(C(=O)NCC=O)cc1. The van der Waals surface area contributed by atoms with Crippen molar-refractivity contribution in [2.75, 3.05) is 13.6 Å². The largest absolute Gasteiger partial charge is 0.412 e. The molecule has 2 amide bonds. The van der Waals surface area contributed by atoms with Crippen LogP contribution in [-0.4, -0.2) is 31.9 Å². The molecule has 1 rings (SSSR count). The molecule has 0 fully saturated rings. The highest BCUT2D eigenvalue weighted by Gasteiger charge is 2.06. The maximum atomic E-state index is 11.4. The predicted octanol–water partition coefficient (Wildman–Crippen LogP) is 0.333. The maximum absolute atomic E-state index is 11.4. The van der Waals surface area contributed by atoms with Crippen molar-refractivity contribution in [2.24, 2.45) is 0 Å². The standard InChI is InChI=1S/C11H12N2O4/c1-12-11(16)17-9-4-2-8(3-5-9)10(15)13-6-7-14/h2-5,7H,6H2,1H3,(H,12,16)(H,13,15). The Morgan fingerprint density at radius 2 is 1.94 bits per heavy atom. The molecule has 0 unspecified atom stereocenters. The third-order valence-electron chi connectivity index (χ3n) is 1.88. The van der Waals surface area contributed by atoms with Crippen molar-refractivity contribution in [1.29, 1.82) is 0 Å². The molecule has 0 spiro atoms. The van der Waals surface area contributed by atoms with Gasteiger partial charge < -0.3 is 20.2 Å². The Morgan fingerprint density at radius 3 is 2.47 bits per heavy atom. The van der Waals surface area contributed by atoms with Crippen molar-refractivity contribution in [3.8, 4) is 5.75 Å². The maximum Gasteiger partial charge on any atom is 0.412 e. The number of nitrogens with one attached hydrogen (secondary N) is 2. The van der Waals surface area contributed by atoms with Crippen LogP contribution in [0, 0.1) is 0 Å². The van der Waals surface area contributed by atoms with E-state index in [1.165, 1.54) is 31.3 Å². The molecule has 0 aliphatic heterocycles. The van der Waals surface area contributed by atoms with Gasteiger partial charge in [0, 0.05) is 12.6 Å². The summed E-state index contributed by atoms with van der Waals surface area (Å²) in [5.74, 6) is -0.0279. The third-order valence-corrected chi connectivity index (χ3v) is 1.88. The number of amides is 2. The first-order valence-electron chi connectivity index (χ1n) is 4.89. The fourth-order valence-electron chi connectivity index (χ4n) is 1.07. The van der Waals surface area contributed by atoms with Crippen LogP contribution in [0.3, 0.4) is 0 Å². The number of aldehydes is 1. The smallest absolute Gasteiger partial charge is 0.410 e. The van der Waals surface area contributed by atoms with Crippen molar-refractivity contribution in [1.82, 2.24) is 10.6 Å². The lowest BCUT2D eigenvalue weighted by Gasteiger charge is -2.04. The first kappa shape index (κ1) is 12.7. The van der Waals surface area contributed by atoms with Gasteiger partial charge in [-0.3, -0.25) is 4.79 Å². The molecule has 0 aliphatic carbocycles. The van der Waals surface area contributed by atoms with Crippen molar-refractivity contribution < 1.29 is 19.1 Å². The normalized spacial score (nSPS) is 9.24. The molecule has 1 aromatic rings. The van der Waals surface area contributed by atoms with Gasteiger partial charge >= 0.3 is 6.09 Å². The highest BCUT2D eigenvalue weighted by Crippen LogP contribution is 2.12. The van der Waals surface area contributed by atoms with E-state index < -0.39 is 6.09 Å². The minimum absolute atomic E-state index is 0.0324. The Morgan fingerprint density at radius 1 is 1.29 bits per heavy atom. The highest BCUT2D eigenvalue weighted by atomic mass is 16.5. The van der Waals surface area contributed by atoms with Crippen LogP contribution in [0.25, 0.3) is 0 Å². The van der Waals surface area contributed by atoms with E-state index in [1.807, 2.05) is 0 Å². The van der Waals surface area contributed by atoms with Crippen molar-refractivity contribution in [3.05, 3.63) is 29.8 Å². The van der Waals surface area contributed by atoms with Crippen molar-refractivity contribution >= 4 is 18.3 Å². The summed E-state index contributed by atoms with van der Waals surface area (Å²) < 4.78 is 4.84. The van der Waals surface area contributed by atoms with Crippen molar-refractivity contribution in [2.45, 2.75) is 0 Å². The second-order valence-corrected chi connectivity index (χ2v) is 3.04. The number of hydrogen-bond acceptors (Lipinski definition) is 4. The van der Waals surface area contributed by atoms with Crippen LogP contribution >= 0.6 is 0 Å². The lowest BCUT2D eigenvalue weighted by molar-refractivity contribution is -0.107. The molecule has 0 heterocycles. The van der Waals surface area contributed by atoms with Gasteiger partial charge in [0.15, 0.2) is 0 Å². The van der Waals surface area contributed by atoms with E-state index in [-0.39, 0.29) is 12.5 Å². The molecule has 0 radical (unpaired) electrons. The minimum atomic E-state index is -0.580. The van der Waals surface area contributed by atoms with Crippen LogP contribution in [0.2, 0.25) is 0 Å². The average molecular weight is 236 g/mol. The van der Waals surface area contributed by atoms with Crippen LogP contribution in [0.5, 0.6) is 5.75 Å². The molecule has 0 aromatic heterocycles. The van der Waals surface area contributed by atoms with E-state index in [0.29, 0.717) is 17.6 Å². The Hall–Kier alpha value is -2.37. The van der Waals surface area contributed by atoms with E-state index in [1.54, 1.807) is 0 Å². The zero-order valence-corrected chi connectivity index (χ0v) is 9.23. The van der Waals surface area contributed by atoms with Gasteiger partial charge in [-0.05, 0) is 24.3 Å². The zero-order valence-electron chi connectivity index (χ0n) is 9.23. The average Bonchev–Trinajstić information content (AvgIpc) is 2.36. The molecule has 17 heavy (non-hydrogen) atoms. The van der Waals surface area contributed by atoms with Gasteiger partial charge in [-0.1, -0.05) is 0 Å². The summed E-state index contributed by atoms with van der Waals surface area (Å²) >= 11 is 0. The van der Waals surface area contributed by atoms with Crippen LogP contribution in [-0.2, 0) is 4.79 Å². The summed E-state index contributed by atoms with van der Waals surface area (Å²) in [6, 6.07) is 5.98. The van der Waals surface area contributed by atoms with E-state index in [2.05, 4.69) is 10.6 Å². The molecule has 0 atom stereocenters. The van der Waals surface area contributed by atoms with Crippen LogP contribution < -0.4 is 15.4 Å². The third kappa shape index (κ3) is 3.94. The summed E-state index contributed by atoms with van der Waals surface area (Å²) in [5.41, 5.74) is 0.385. The first-order valence-corrected chi connectivity index (χ1v) is 4.89. The fraction of sp³-hybridized carbons (Fsp3) is 0.182. The van der Waals surface area contributed by atoms with Gasteiger partial charge in [0.25, 0.3) is 5.91 Å². The molecule has 0 saturated heterocycles. The topological polar surface area (TPSA) is 84.5 Å². The van der Waals surface area contributed by atoms with Crippen LogP contribution in [0.4, 0.5) is 4.79 Å². The van der Waals surface area contributed by atoms with Gasteiger partial charge in [-0.2, -0.15) is 0 Å². The van der Waals surface area contributed by atoms with Crippen LogP contribution in [0.1, 0.15) is 10.4 Å². The predicted molar refractivity (Wildman–Crippen MR) is 59.9 cm³/mol. The van der Waals surface area contributed by atoms with Gasteiger partial charge in [0.05, 0.1) is 6.54 Å². The van der Waals surface area contributed by atoms with Crippen molar-refractivity contribution in [3.63, 3.8) is 0 Å². The number of rotatable bonds is 4.